The molecular weight excluding hydrogens is 254 g/mol. The van der Waals surface area contributed by atoms with Crippen LogP contribution < -0.4 is 0 Å². The number of Topliss-reactive ketones (excluding diaryl/α,β-unsaturated/α-hetero) is 1. The lowest BCUT2D eigenvalue weighted by atomic mass is 10.0. The van der Waals surface area contributed by atoms with Crippen LogP contribution in [0.1, 0.15) is 50.3 Å². The number of thiazole rings is 1. The Labute approximate surface area is 116 Å². The van der Waals surface area contributed by atoms with Crippen molar-refractivity contribution in [3.8, 4) is 0 Å². The maximum Gasteiger partial charge on any atom is 0.182 e. The van der Waals surface area contributed by atoms with Gasteiger partial charge >= 0.3 is 0 Å². The Hall–Kier alpha value is -1.48. The molecule has 3 heteroatoms. The van der Waals surface area contributed by atoms with E-state index in [1.165, 1.54) is 21.0 Å². The fraction of sp³-hybridized carbons (Fsp3) is 0.375. The summed E-state index contributed by atoms with van der Waals surface area (Å²) in [6.45, 7) is 0. The highest BCUT2D eigenvalue weighted by molar-refractivity contribution is 7.12. The summed E-state index contributed by atoms with van der Waals surface area (Å²) in [5.74, 6) is 0.736. The maximum atomic E-state index is 11.9. The molecule has 0 radical (unpaired) electrons. The first-order valence-corrected chi connectivity index (χ1v) is 7.72. The zero-order valence-electron chi connectivity index (χ0n) is 10.7. The Kier molecular flexibility index (Phi) is 2.55. The molecule has 2 aliphatic carbocycles. The van der Waals surface area contributed by atoms with E-state index < -0.39 is 0 Å². The van der Waals surface area contributed by atoms with Gasteiger partial charge in [0, 0.05) is 17.2 Å². The summed E-state index contributed by atoms with van der Waals surface area (Å²) < 4.78 is 0. The topological polar surface area (TPSA) is 30.0 Å². The van der Waals surface area contributed by atoms with Crippen molar-refractivity contribution in [2.24, 2.45) is 0 Å². The Morgan fingerprint density at radius 1 is 1.11 bits per heavy atom. The Morgan fingerprint density at radius 2 is 1.84 bits per heavy atom. The maximum absolute atomic E-state index is 11.9. The predicted octanol–water partition coefficient (Wildman–Crippen LogP) is 3.54. The lowest BCUT2D eigenvalue weighted by Crippen LogP contribution is -2.09. The lowest BCUT2D eigenvalue weighted by Gasteiger charge is -2.06. The fourth-order valence-electron chi connectivity index (χ4n) is 3.19. The first-order valence-electron chi connectivity index (χ1n) is 6.91. The predicted molar refractivity (Wildman–Crippen MR) is 76.0 cm³/mol. The molecule has 4 rings (SSSR count). The minimum atomic E-state index is 0.249. The lowest BCUT2D eigenvalue weighted by molar-refractivity contribution is 0.0968. The van der Waals surface area contributed by atoms with Crippen molar-refractivity contribution < 1.29 is 4.79 Å². The minimum absolute atomic E-state index is 0.249. The van der Waals surface area contributed by atoms with E-state index in [2.05, 4.69) is 29.2 Å². The van der Waals surface area contributed by atoms with E-state index in [0.717, 1.165) is 31.4 Å². The third-order valence-electron chi connectivity index (χ3n) is 4.19. The van der Waals surface area contributed by atoms with Gasteiger partial charge in [0.2, 0.25) is 0 Å². The van der Waals surface area contributed by atoms with Crippen LogP contribution >= 0.6 is 11.3 Å². The Bertz CT molecular complexity index is 634. The summed E-state index contributed by atoms with van der Waals surface area (Å²) in [5.41, 5.74) is 3.68. The molecule has 0 fully saturated rings. The van der Waals surface area contributed by atoms with E-state index in [1.807, 2.05) is 0 Å². The number of aryl methyl sites for hydroxylation is 1. The number of hydrogen-bond donors (Lipinski definition) is 0. The number of carbonyl (C=O) groups excluding carboxylic acids is 1. The van der Waals surface area contributed by atoms with E-state index in [1.54, 1.807) is 11.3 Å². The first-order chi connectivity index (χ1) is 9.31. The number of carbonyl (C=O) groups is 1. The second-order valence-corrected chi connectivity index (χ2v) is 6.59. The molecule has 0 amide bonds. The van der Waals surface area contributed by atoms with E-state index in [9.17, 15) is 4.79 Å². The normalized spacial score (nSPS) is 18.4. The molecule has 0 unspecified atom stereocenters. The summed E-state index contributed by atoms with van der Waals surface area (Å²) in [5, 5.41) is 1.18. The van der Waals surface area contributed by atoms with Gasteiger partial charge in [0.15, 0.2) is 5.78 Å². The van der Waals surface area contributed by atoms with Gasteiger partial charge in [0.05, 0.1) is 5.01 Å². The minimum Gasteiger partial charge on any atom is -0.292 e. The fourth-order valence-corrected chi connectivity index (χ4v) is 4.42. The number of benzene rings is 1. The largest absolute Gasteiger partial charge is 0.292 e. The van der Waals surface area contributed by atoms with Crippen LogP contribution in [-0.2, 0) is 19.3 Å². The summed E-state index contributed by atoms with van der Waals surface area (Å²) in [4.78, 5) is 17.8. The number of hydrogen-bond acceptors (Lipinski definition) is 3. The molecule has 0 N–H and O–H groups in total. The molecule has 0 saturated carbocycles. The van der Waals surface area contributed by atoms with E-state index in [0.29, 0.717) is 12.3 Å². The van der Waals surface area contributed by atoms with E-state index >= 15 is 0 Å². The second kappa shape index (κ2) is 4.27. The van der Waals surface area contributed by atoms with Crippen LogP contribution in [0.5, 0.6) is 0 Å². The molecule has 2 aliphatic rings. The first kappa shape index (κ1) is 11.4. The van der Waals surface area contributed by atoms with Crippen LogP contribution in [-0.4, -0.2) is 10.8 Å². The van der Waals surface area contributed by atoms with Crippen molar-refractivity contribution in [1.29, 1.82) is 0 Å². The molecule has 1 aromatic carbocycles. The van der Waals surface area contributed by atoms with Gasteiger partial charge in [-0.1, -0.05) is 24.3 Å². The van der Waals surface area contributed by atoms with Crippen LogP contribution in [0.15, 0.2) is 24.3 Å². The third kappa shape index (κ3) is 1.84. The zero-order chi connectivity index (χ0) is 12.8. The number of fused-ring (bicyclic) bond motifs is 2. The van der Waals surface area contributed by atoms with Crippen molar-refractivity contribution in [2.75, 3.05) is 0 Å². The monoisotopic (exact) mass is 269 g/mol. The Morgan fingerprint density at radius 3 is 2.53 bits per heavy atom. The molecule has 0 spiro atoms. The second-order valence-electron chi connectivity index (χ2n) is 5.47. The highest BCUT2D eigenvalue weighted by Gasteiger charge is 2.29. The molecule has 0 atom stereocenters. The van der Waals surface area contributed by atoms with Gasteiger partial charge in [-0.3, -0.25) is 4.79 Å². The zero-order valence-corrected chi connectivity index (χ0v) is 11.5. The summed E-state index contributed by atoms with van der Waals surface area (Å²) in [6, 6.07) is 8.65. The van der Waals surface area contributed by atoms with Crippen LogP contribution in [0.3, 0.4) is 0 Å². The van der Waals surface area contributed by atoms with Gasteiger partial charge in [-0.25, -0.2) is 4.98 Å². The van der Waals surface area contributed by atoms with Gasteiger partial charge in [-0.2, -0.15) is 0 Å². The number of nitrogens with zero attached hydrogens (tertiary/aromatic N) is 1. The third-order valence-corrected chi connectivity index (χ3v) is 5.46. The smallest absolute Gasteiger partial charge is 0.182 e. The molecule has 2 aromatic rings. The molecule has 0 aliphatic heterocycles. The molecule has 0 bridgehead atoms. The van der Waals surface area contributed by atoms with Crippen molar-refractivity contribution in [3.05, 3.63) is 51.0 Å². The quantitative estimate of drug-likeness (QED) is 0.792. The average molecular weight is 269 g/mol. The van der Waals surface area contributed by atoms with Gasteiger partial charge in [-0.05, 0) is 36.8 Å². The highest BCUT2D eigenvalue weighted by atomic mass is 32.1. The molecule has 1 aromatic heterocycles. The summed E-state index contributed by atoms with van der Waals surface area (Å²) >= 11 is 1.78. The standard InChI is InChI=1S/C16H15NOS/c18-13-6-3-7-14-15(13)17-16(19-14)12-8-10-4-1-2-5-11(10)9-12/h1-2,4-5,12H,3,6-9H2. The van der Waals surface area contributed by atoms with Crippen LogP contribution in [0.25, 0.3) is 0 Å². The van der Waals surface area contributed by atoms with Gasteiger partial charge in [0.1, 0.15) is 5.69 Å². The average Bonchev–Trinajstić information content (AvgIpc) is 3.02. The van der Waals surface area contributed by atoms with Crippen molar-refractivity contribution in [1.82, 2.24) is 4.98 Å². The number of aromatic nitrogens is 1. The summed E-state index contributed by atoms with van der Waals surface area (Å²) in [7, 11) is 0. The molecule has 1 heterocycles. The molecule has 0 saturated heterocycles. The van der Waals surface area contributed by atoms with Crippen molar-refractivity contribution >= 4 is 17.1 Å². The molecule has 96 valence electrons. The SMILES string of the molecule is O=C1CCCc2sc(C3Cc4ccccc4C3)nc21. The summed E-state index contributed by atoms with van der Waals surface area (Å²) in [6.07, 6.45) is 4.88. The van der Waals surface area contributed by atoms with Crippen molar-refractivity contribution in [2.45, 2.75) is 38.0 Å². The van der Waals surface area contributed by atoms with Gasteiger partial charge in [-0.15, -0.1) is 11.3 Å². The van der Waals surface area contributed by atoms with Gasteiger partial charge in [0.25, 0.3) is 0 Å². The number of rotatable bonds is 1. The van der Waals surface area contributed by atoms with Crippen LogP contribution in [0.4, 0.5) is 0 Å². The van der Waals surface area contributed by atoms with Crippen LogP contribution in [0.2, 0.25) is 0 Å². The molecule has 2 nitrogen and oxygen atoms in total. The van der Waals surface area contributed by atoms with Gasteiger partial charge < -0.3 is 0 Å². The molecular formula is C16H15NOS. The highest BCUT2D eigenvalue weighted by Crippen LogP contribution is 2.38. The Balaban J connectivity index is 1.67. The number of ketones is 1. The van der Waals surface area contributed by atoms with E-state index in [4.69, 9.17) is 0 Å². The van der Waals surface area contributed by atoms with Crippen LogP contribution in [0, 0.1) is 0 Å². The van der Waals surface area contributed by atoms with E-state index in [-0.39, 0.29) is 5.78 Å². The van der Waals surface area contributed by atoms with Crippen molar-refractivity contribution in [3.63, 3.8) is 0 Å². The molecule has 19 heavy (non-hydrogen) atoms.